The summed E-state index contributed by atoms with van der Waals surface area (Å²) in [5, 5.41) is 10.9. The van der Waals surface area contributed by atoms with Crippen molar-refractivity contribution in [2.45, 2.75) is 16.4 Å². The van der Waals surface area contributed by atoms with E-state index in [1.54, 1.807) is 0 Å². The maximum absolute atomic E-state index is 12.7. The third kappa shape index (κ3) is 6.34. The molecule has 3 rings (SSSR count). The van der Waals surface area contributed by atoms with Gasteiger partial charge in [0.05, 0.1) is 12.1 Å². The van der Waals surface area contributed by atoms with E-state index >= 15 is 0 Å². The van der Waals surface area contributed by atoms with E-state index in [-0.39, 0.29) is 17.4 Å². The molecule has 0 aliphatic rings. The molecule has 0 spiro atoms. The molecule has 0 aliphatic carbocycles. The molecule has 9 heteroatoms. The third-order valence-electron chi connectivity index (χ3n) is 4.26. The van der Waals surface area contributed by atoms with E-state index in [0.29, 0.717) is 0 Å². The largest absolute Gasteiger partial charge is 0.339 e. The molecule has 30 heavy (non-hydrogen) atoms. The predicted octanol–water partition coefficient (Wildman–Crippen LogP) is 5.79. The van der Waals surface area contributed by atoms with E-state index in [2.05, 4.69) is 38.5 Å². The zero-order chi connectivity index (χ0) is 21.7. The van der Waals surface area contributed by atoms with Crippen LogP contribution in [0.25, 0.3) is 10.8 Å². The van der Waals surface area contributed by atoms with Gasteiger partial charge < -0.3 is 16.0 Å². The van der Waals surface area contributed by atoms with E-state index in [0.717, 1.165) is 25.6 Å². The Bertz CT molecular complexity index is 1070. The topological polar surface area (TPSA) is 53.2 Å². The molecule has 0 radical (unpaired) electrons. The predicted molar refractivity (Wildman–Crippen MR) is 138 cm³/mol. The number of rotatable bonds is 5. The zero-order valence-corrected chi connectivity index (χ0v) is 20.7. The Hall–Kier alpha value is -1.32. The highest BCUT2D eigenvalue weighted by atomic mass is 127. The second-order valence-corrected chi connectivity index (χ2v) is 10.4. The number of nitrogens with one attached hydrogen (secondary N) is 3. The van der Waals surface area contributed by atoms with Gasteiger partial charge >= 0.3 is 0 Å². The minimum Gasteiger partial charge on any atom is -0.339 e. The van der Waals surface area contributed by atoms with Crippen molar-refractivity contribution >= 4 is 97.1 Å². The average Bonchev–Trinajstić information content (AvgIpc) is 2.69. The van der Waals surface area contributed by atoms with Crippen LogP contribution < -0.4 is 16.0 Å². The minimum absolute atomic E-state index is 0.136. The first kappa shape index (κ1) is 23.3. The number of thiocarbonyl (C=S) groups is 1. The lowest BCUT2D eigenvalue weighted by Crippen LogP contribution is -2.56. The van der Waals surface area contributed by atoms with Gasteiger partial charge in [0.25, 0.3) is 0 Å². The highest BCUT2D eigenvalue weighted by Gasteiger charge is 2.34. The van der Waals surface area contributed by atoms with Gasteiger partial charge in [0.2, 0.25) is 9.70 Å². The number of hydrogen-bond donors (Lipinski definition) is 3. The summed E-state index contributed by atoms with van der Waals surface area (Å²) < 4.78 is -0.839. The molecule has 0 aromatic heterocycles. The summed E-state index contributed by atoms with van der Waals surface area (Å²) >= 11 is 25.8. The standard InChI is InChI=1S/C21H17Cl3IN3OS/c22-21(23,24)19(28-20(30)26-17-11-4-3-10-16(17)25)27-18(29)12-14-8-5-7-13-6-1-2-9-15(13)14/h1-11,19H,12H2,(H,27,29)(H2,26,28,30)/t19-/m1/s1. The monoisotopic (exact) mass is 591 g/mol. The molecule has 0 fully saturated rings. The van der Waals surface area contributed by atoms with Gasteiger partial charge in [-0.2, -0.15) is 0 Å². The molecule has 1 atom stereocenters. The van der Waals surface area contributed by atoms with Crippen LogP contribution in [0.4, 0.5) is 5.69 Å². The molecule has 0 bridgehead atoms. The van der Waals surface area contributed by atoms with Crippen LogP contribution in [0.2, 0.25) is 0 Å². The molecule has 0 heterocycles. The number of hydrogen-bond acceptors (Lipinski definition) is 2. The fraction of sp³-hybridized carbons (Fsp3) is 0.143. The van der Waals surface area contributed by atoms with Crippen molar-refractivity contribution in [2.75, 3.05) is 5.32 Å². The van der Waals surface area contributed by atoms with Crippen molar-refractivity contribution < 1.29 is 4.79 Å². The smallest absolute Gasteiger partial charge is 0.228 e. The van der Waals surface area contributed by atoms with Gasteiger partial charge in [-0.25, -0.2) is 0 Å². The number of fused-ring (bicyclic) bond motifs is 1. The Kier molecular flexibility index (Phi) is 8.04. The number of anilines is 1. The van der Waals surface area contributed by atoms with Gasteiger partial charge in [-0.1, -0.05) is 89.4 Å². The van der Waals surface area contributed by atoms with Crippen LogP contribution >= 0.6 is 69.6 Å². The molecule has 156 valence electrons. The van der Waals surface area contributed by atoms with E-state index in [4.69, 9.17) is 47.0 Å². The molecule has 4 nitrogen and oxygen atoms in total. The molecule has 0 aliphatic heterocycles. The highest BCUT2D eigenvalue weighted by Crippen LogP contribution is 2.29. The second kappa shape index (κ2) is 10.3. The maximum atomic E-state index is 12.7. The summed E-state index contributed by atoms with van der Waals surface area (Å²) in [6.07, 6.45) is -0.886. The first-order chi connectivity index (χ1) is 14.2. The van der Waals surface area contributed by atoms with Crippen LogP contribution in [0.15, 0.2) is 66.7 Å². The van der Waals surface area contributed by atoms with Crippen LogP contribution in [-0.4, -0.2) is 21.0 Å². The number of alkyl halides is 3. The van der Waals surface area contributed by atoms with Crippen molar-refractivity contribution in [3.05, 3.63) is 75.9 Å². The van der Waals surface area contributed by atoms with Gasteiger partial charge in [-0.3, -0.25) is 4.79 Å². The van der Waals surface area contributed by atoms with Crippen LogP contribution in [0.1, 0.15) is 5.56 Å². The number of halogens is 4. The Morgan fingerprint density at radius 2 is 1.63 bits per heavy atom. The highest BCUT2D eigenvalue weighted by molar-refractivity contribution is 14.1. The molecule has 3 aromatic carbocycles. The number of carbonyl (C=O) groups excluding carboxylic acids is 1. The first-order valence-electron chi connectivity index (χ1n) is 8.89. The summed E-state index contributed by atoms with van der Waals surface area (Å²) in [6.45, 7) is 0. The Morgan fingerprint density at radius 1 is 0.967 bits per heavy atom. The number of carbonyl (C=O) groups is 1. The number of amides is 1. The molecule has 0 saturated heterocycles. The lowest BCUT2D eigenvalue weighted by molar-refractivity contribution is -0.121. The van der Waals surface area contributed by atoms with Crippen LogP contribution in [0, 0.1) is 3.57 Å². The molecule has 3 aromatic rings. The van der Waals surface area contributed by atoms with Gasteiger partial charge in [-0.15, -0.1) is 0 Å². The minimum atomic E-state index is -1.82. The Morgan fingerprint density at radius 3 is 2.37 bits per heavy atom. The quantitative estimate of drug-likeness (QED) is 0.152. The molecule has 3 N–H and O–H groups in total. The summed E-state index contributed by atoms with van der Waals surface area (Å²) in [4.78, 5) is 12.7. The average molecular weight is 593 g/mol. The SMILES string of the molecule is O=C(Cc1cccc2ccccc12)N[C@H](NC(=S)Nc1ccccc1I)C(Cl)(Cl)Cl. The first-order valence-corrected chi connectivity index (χ1v) is 11.5. The lowest BCUT2D eigenvalue weighted by atomic mass is 10.0. The normalized spacial score (nSPS) is 12.3. The molecular formula is C21H17Cl3IN3OS. The van der Waals surface area contributed by atoms with Gasteiger partial charge in [0, 0.05) is 3.57 Å². The summed E-state index contributed by atoms with van der Waals surface area (Å²) in [6, 6.07) is 21.3. The van der Waals surface area contributed by atoms with E-state index in [9.17, 15) is 4.79 Å². The van der Waals surface area contributed by atoms with Crippen molar-refractivity contribution in [1.29, 1.82) is 0 Å². The second-order valence-electron chi connectivity index (χ2n) is 6.44. The number of benzene rings is 3. The van der Waals surface area contributed by atoms with E-state index in [1.807, 2.05) is 66.7 Å². The molecular weight excluding hydrogens is 576 g/mol. The van der Waals surface area contributed by atoms with Crippen LogP contribution in [0.3, 0.4) is 0 Å². The third-order valence-corrected chi connectivity index (χ3v) is 6.08. The Labute approximate surface area is 208 Å². The lowest BCUT2D eigenvalue weighted by Gasteiger charge is -2.28. The fourth-order valence-electron chi connectivity index (χ4n) is 2.88. The van der Waals surface area contributed by atoms with Crippen molar-refractivity contribution in [3.8, 4) is 0 Å². The van der Waals surface area contributed by atoms with Gasteiger partial charge in [-0.05, 0) is 63.3 Å². The summed E-state index contributed by atoms with van der Waals surface area (Å²) in [7, 11) is 0. The summed E-state index contributed by atoms with van der Waals surface area (Å²) in [5.74, 6) is -0.299. The fourth-order valence-corrected chi connectivity index (χ4v) is 3.96. The summed E-state index contributed by atoms with van der Waals surface area (Å²) in [5.41, 5.74) is 1.69. The Balaban J connectivity index is 1.69. The molecule has 0 saturated carbocycles. The molecule has 0 unspecified atom stereocenters. The zero-order valence-electron chi connectivity index (χ0n) is 15.5. The van der Waals surface area contributed by atoms with Gasteiger partial charge in [0.15, 0.2) is 5.11 Å². The van der Waals surface area contributed by atoms with Crippen LogP contribution in [-0.2, 0) is 11.2 Å². The van der Waals surface area contributed by atoms with Crippen molar-refractivity contribution in [2.24, 2.45) is 0 Å². The maximum Gasteiger partial charge on any atom is 0.228 e. The molecule has 1 amide bonds. The van der Waals surface area contributed by atoms with Crippen molar-refractivity contribution in [3.63, 3.8) is 0 Å². The van der Waals surface area contributed by atoms with Crippen LogP contribution in [0.5, 0.6) is 0 Å². The van der Waals surface area contributed by atoms with Crippen molar-refractivity contribution in [1.82, 2.24) is 10.6 Å². The van der Waals surface area contributed by atoms with Gasteiger partial charge in [0.1, 0.15) is 6.17 Å². The number of para-hydroxylation sites is 1. The van der Waals surface area contributed by atoms with E-state index < -0.39 is 9.96 Å². The van der Waals surface area contributed by atoms with E-state index in [1.165, 1.54) is 0 Å².